The summed E-state index contributed by atoms with van der Waals surface area (Å²) >= 11 is 1.56. The molecule has 1 aliphatic rings. The average molecular weight is 384 g/mol. The molecule has 0 aromatic carbocycles. The molecule has 0 unspecified atom stereocenters. The zero-order chi connectivity index (χ0) is 18.6. The SMILES string of the molecule is CCNc1ccc(N2CCN(C(=O)c3cc(-c4cccs4)on3)CC2)nn1. The molecule has 140 valence electrons. The highest BCUT2D eigenvalue weighted by atomic mass is 32.1. The molecule has 1 saturated heterocycles. The zero-order valence-electron chi connectivity index (χ0n) is 15.0. The van der Waals surface area contributed by atoms with Crippen LogP contribution in [0.3, 0.4) is 0 Å². The molecule has 0 bridgehead atoms. The second-order valence-electron chi connectivity index (χ2n) is 6.14. The van der Waals surface area contributed by atoms with Crippen molar-refractivity contribution in [1.29, 1.82) is 0 Å². The fraction of sp³-hybridized carbons (Fsp3) is 0.333. The van der Waals surface area contributed by atoms with E-state index >= 15 is 0 Å². The van der Waals surface area contributed by atoms with Crippen molar-refractivity contribution in [2.45, 2.75) is 6.92 Å². The number of piperazine rings is 1. The Morgan fingerprint density at radius 1 is 1.22 bits per heavy atom. The maximum Gasteiger partial charge on any atom is 0.276 e. The third-order valence-electron chi connectivity index (χ3n) is 4.39. The van der Waals surface area contributed by atoms with E-state index in [1.807, 2.05) is 36.6 Å². The van der Waals surface area contributed by atoms with Crippen molar-refractivity contribution in [2.75, 3.05) is 42.9 Å². The number of hydrogen-bond donors (Lipinski definition) is 1. The number of amides is 1. The number of nitrogens with one attached hydrogen (secondary N) is 1. The maximum absolute atomic E-state index is 12.7. The smallest absolute Gasteiger partial charge is 0.276 e. The number of anilines is 2. The number of thiophene rings is 1. The molecule has 0 atom stereocenters. The van der Waals surface area contributed by atoms with E-state index in [9.17, 15) is 4.79 Å². The first-order chi connectivity index (χ1) is 13.2. The highest BCUT2D eigenvalue weighted by Crippen LogP contribution is 2.25. The average Bonchev–Trinajstić information content (AvgIpc) is 3.40. The molecule has 0 aliphatic carbocycles. The Labute approximate surface area is 160 Å². The summed E-state index contributed by atoms with van der Waals surface area (Å²) in [5.74, 6) is 2.12. The number of carbonyl (C=O) groups is 1. The Balaban J connectivity index is 1.36. The Morgan fingerprint density at radius 2 is 2.07 bits per heavy atom. The lowest BCUT2D eigenvalue weighted by molar-refractivity contribution is 0.0736. The first-order valence-corrected chi connectivity index (χ1v) is 9.75. The van der Waals surface area contributed by atoms with Gasteiger partial charge in [-0.1, -0.05) is 11.2 Å². The van der Waals surface area contributed by atoms with E-state index in [2.05, 4.69) is 25.6 Å². The highest BCUT2D eigenvalue weighted by Gasteiger charge is 2.25. The van der Waals surface area contributed by atoms with Crippen LogP contribution in [0.15, 0.2) is 40.2 Å². The molecule has 0 spiro atoms. The molecule has 27 heavy (non-hydrogen) atoms. The molecular weight excluding hydrogens is 364 g/mol. The monoisotopic (exact) mass is 384 g/mol. The van der Waals surface area contributed by atoms with Crippen LogP contribution in [0.4, 0.5) is 11.6 Å². The molecule has 1 amide bonds. The van der Waals surface area contributed by atoms with Gasteiger partial charge in [0.1, 0.15) is 5.82 Å². The van der Waals surface area contributed by atoms with Crippen molar-refractivity contribution < 1.29 is 9.32 Å². The standard InChI is InChI=1S/C18H20N6O2S/c1-2-19-16-5-6-17(21-20-16)23-7-9-24(10-8-23)18(25)13-12-14(26-22-13)15-4-3-11-27-15/h3-6,11-12H,2,7-10H2,1H3,(H,19,20). The van der Waals surface area contributed by atoms with Gasteiger partial charge in [0, 0.05) is 38.8 Å². The van der Waals surface area contributed by atoms with Gasteiger partial charge in [0.15, 0.2) is 17.3 Å². The summed E-state index contributed by atoms with van der Waals surface area (Å²) in [6.07, 6.45) is 0. The van der Waals surface area contributed by atoms with Crippen molar-refractivity contribution >= 4 is 28.9 Å². The van der Waals surface area contributed by atoms with Crippen molar-refractivity contribution in [2.24, 2.45) is 0 Å². The maximum atomic E-state index is 12.7. The van der Waals surface area contributed by atoms with Crippen molar-refractivity contribution in [1.82, 2.24) is 20.3 Å². The molecule has 0 saturated carbocycles. The van der Waals surface area contributed by atoms with Crippen LogP contribution < -0.4 is 10.2 Å². The third kappa shape index (κ3) is 3.77. The number of hydrogen-bond acceptors (Lipinski definition) is 8. The fourth-order valence-electron chi connectivity index (χ4n) is 2.98. The minimum Gasteiger partial charge on any atom is -0.369 e. The summed E-state index contributed by atoms with van der Waals surface area (Å²) in [6.45, 7) is 5.45. The molecule has 4 heterocycles. The number of carbonyl (C=O) groups excluding carboxylic acids is 1. The second kappa shape index (κ2) is 7.75. The van der Waals surface area contributed by atoms with E-state index < -0.39 is 0 Å². The zero-order valence-corrected chi connectivity index (χ0v) is 15.8. The van der Waals surface area contributed by atoms with Gasteiger partial charge < -0.3 is 19.6 Å². The van der Waals surface area contributed by atoms with Gasteiger partial charge in [-0.15, -0.1) is 21.5 Å². The molecule has 9 heteroatoms. The number of aromatic nitrogens is 3. The summed E-state index contributed by atoms with van der Waals surface area (Å²) in [5.41, 5.74) is 0.349. The van der Waals surface area contributed by atoms with Gasteiger partial charge in [-0.05, 0) is 30.5 Å². The van der Waals surface area contributed by atoms with Gasteiger partial charge >= 0.3 is 0 Å². The predicted octanol–water partition coefficient (Wildman–Crippen LogP) is 2.59. The van der Waals surface area contributed by atoms with E-state index in [1.165, 1.54) is 0 Å². The number of rotatable bonds is 5. The molecule has 3 aromatic heterocycles. The Hall–Kier alpha value is -2.94. The van der Waals surface area contributed by atoms with Crippen LogP contribution in [0, 0.1) is 0 Å². The van der Waals surface area contributed by atoms with Crippen molar-refractivity contribution in [3.05, 3.63) is 41.4 Å². The minimum atomic E-state index is -0.102. The lowest BCUT2D eigenvalue weighted by atomic mass is 10.2. The molecule has 8 nitrogen and oxygen atoms in total. The van der Waals surface area contributed by atoms with E-state index in [0.717, 1.165) is 23.1 Å². The van der Waals surface area contributed by atoms with Crippen LogP contribution in [0.1, 0.15) is 17.4 Å². The summed E-state index contributed by atoms with van der Waals surface area (Å²) < 4.78 is 5.32. The van der Waals surface area contributed by atoms with E-state index in [-0.39, 0.29) is 5.91 Å². The van der Waals surface area contributed by atoms with Crippen LogP contribution in [0.2, 0.25) is 0 Å². The lowest BCUT2D eigenvalue weighted by Crippen LogP contribution is -2.49. The van der Waals surface area contributed by atoms with Crippen LogP contribution in [-0.2, 0) is 0 Å². The quantitative estimate of drug-likeness (QED) is 0.723. The van der Waals surface area contributed by atoms with Crippen LogP contribution in [0.25, 0.3) is 10.6 Å². The molecule has 1 fully saturated rings. The van der Waals surface area contributed by atoms with Crippen LogP contribution in [0.5, 0.6) is 0 Å². The largest absolute Gasteiger partial charge is 0.369 e. The van der Waals surface area contributed by atoms with Gasteiger partial charge in [0.05, 0.1) is 4.88 Å². The lowest BCUT2D eigenvalue weighted by Gasteiger charge is -2.34. The fourth-order valence-corrected chi connectivity index (χ4v) is 3.65. The highest BCUT2D eigenvalue weighted by molar-refractivity contribution is 7.13. The van der Waals surface area contributed by atoms with Crippen LogP contribution in [-0.4, -0.2) is 58.9 Å². The van der Waals surface area contributed by atoms with Gasteiger partial charge in [-0.2, -0.15) is 0 Å². The third-order valence-corrected chi connectivity index (χ3v) is 5.28. The summed E-state index contributed by atoms with van der Waals surface area (Å²) in [6, 6.07) is 9.47. The first kappa shape index (κ1) is 17.5. The number of nitrogens with zero attached hydrogens (tertiary/aromatic N) is 5. The normalized spacial score (nSPS) is 14.4. The topological polar surface area (TPSA) is 87.4 Å². The van der Waals surface area contributed by atoms with Gasteiger partial charge in [-0.3, -0.25) is 4.79 Å². The Bertz CT molecular complexity index is 885. The molecule has 3 aromatic rings. The summed E-state index contributed by atoms with van der Waals surface area (Å²) in [5, 5.41) is 17.5. The first-order valence-electron chi connectivity index (χ1n) is 8.87. The van der Waals surface area contributed by atoms with Gasteiger partial charge in [0.2, 0.25) is 0 Å². The predicted molar refractivity (Wildman–Crippen MR) is 104 cm³/mol. The molecule has 1 aliphatic heterocycles. The summed E-state index contributed by atoms with van der Waals surface area (Å²) in [4.78, 5) is 17.6. The van der Waals surface area contributed by atoms with E-state index in [4.69, 9.17) is 4.52 Å². The Kier molecular flexibility index (Phi) is 5.01. The van der Waals surface area contributed by atoms with Gasteiger partial charge in [0.25, 0.3) is 5.91 Å². The van der Waals surface area contributed by atoms with E-state index in [0.29, 0.717) is 37.6 Å². The molecule has 0 radical (unpaired) electrons. The van der Waals surface area contributed by atoms with E-state index in [1.54, 1.807) is 22.3 Å². The van der Waals surface area contributed by atoms with Crippen molar-refractivity contribution in [3.63, 3.8) is 0 Å². The minimum absolute atomic E-state index is 0.102. The summed E-state index contributed by atoms with van der Waals surface area (Å²) in [7, 11) is 0. The van der Waals surface area contributed by atoms with Gasteiger partial charge in [-0.25, -0.2) is 0 Å². The second-order valence-corrected chi connectivity index (χ2v) is 7.09. The Morgan fingerprint density at radius 3 is 2.74 bits per heavy atom. The molecular formula is C18H20N6O2S. The molecule has 1 N–H and O–H groups in total. The molecule has 4 rings (SSSR count). The van der Waals surface area contributed by atoms with Crippen molar-refractivity contribution in [3.8, 4) is 10.6 Å². The van der Waals surface area contributed by atoms with Crippen LogP contribution >= 0.6 is 11.3 Å².